The zero-order valence-electron chi connectivity index (χ0n) is 26.4. The van der Waals surface area contributed by atoms with Gasteiger partial charge in [-0.1, -0.05) is 72.8 Å². The second-order valence-electron chi connectivity index (χ2n) is 11.7. The molecule has 5 rings (SSSR count). The van der Waals surface area contributed by atoms with E-state index in [1.54, 1.807) is 12.1 Å². The fourth-order valence-corrected chi connectivity index (χ4v) is 6.62. The predicted octanol–water partition coefficient (Wildman–Crippen LogP) is 7.14. The lowest BCUT2D eigenvalue weighted by Gasteiger charge is -2.36. The van der Waals surface area contributed by atoms with E-state index in [2.05, 4.69) is 5.32 Å². The molecule has 0 aliphatic carbocycles. The van der Waals surface area contributed by atoms with E-state index in [0.29, 0.717) is 36.5 Å². The highest BCUT2D eigenvalue weighted by Gasteiger charge is 2.32. The highest BCUT2D eigenvalue weighted by Crippen LogP contribution is 2.40. The number of aliphatic hydroxyl groups excluding tert-OH is 1. The molecule has 0 aromatic heterocycles. The Morgan fingerprint density at radius 1 is 0.771 bits per heavy atom. The topological polar surface area (TPSA) is 142 Å². The van der Waals surface area contributed by atoms with Gasteiger partial charge in [-0.2, -0.15) is 0 Å². The van der Waals surface area contributed by atoms with Gasteiger partial charge < -0.3 is 30.1 Å². The van der Waals surface area contributed by atoms with Crippen molar-refractivity contribution in [2.45, 2.75) is 68.6 Å². The fraction of sp³-hybridized carbons (Fsp3) is 0.289. The molecular formula is C38H39NO8S. The number of hydrogen-bond donors (Lipinski definition) is 4. The number of amides is 1. The number of carbonyl (C=O) groups is 3. The Bertz CT molecular complexity index is 1710. The third-order valence-electron chi connectivity index (χ3n) is 8.11. The number of carboxylic acid groups (broad SMARTS) is 2. The lowest BCUT2D eigenvalue weighted by Crippen LogP contribution is -2.31. The number of carboxylic acids is 2. The summed E-state index contributed by atoms with van der Waals surface area (Å²) in [5, 5.41) is 30.9. The highest BCUT2D eigenvalue weighted by atomic mass is 32.2. The summed E-state index contributed by atoms with van der Waals surface area (Å²) < 4.78 is 13.1. The molecule has 48 heavy (non-hydrogen) atoms. The predicted molar refractivity (Wildman–Crippen MR) is 182 cm³/mol. The molecule has 10 heteroatoms. The monoisotopic (exact) mass is 669 g/mol. The molecule has 250 valence electrons. The number of aliphatic carboxylic acids is 1. The van der Waals surface area contributed by atoms with E-state index in [0.717, 1.165) is 33.4 Å². The van der Waals surface area contributed by atoms with E-state index in [1.165, 1.54) is 11.8 Å². The molecule has 0 bridgehead atoms. The largest absolute Gasteiger partial charge is 0.481 e. The molecule has 9 nitrogen and oxygen atoms in total. The number of nitrogens with one attached hydrogen (secondary N) is 1. The van der Waals surface area contributed by atoms with Crippen LogP contribution in [0.1, 0.15) is 77.1 Å². The molecular weight excluding hydrogens is 630 g/mol. The first-order valence-corrected chi connectivity index (χ1v) is 16.9. The number of rotatable bonds is 15. The van der Waals surface area contributed by atoms with Crippen LogP contribution >= 0.6 is 11.8 Å². The van der Waals surface area contributed by atoms with Crippen LogP contribution in [0.4, 0.5) is 0 Å². The average molecular weight is 670 g/mol. The first-order chi connectivity index (χ1) is 23.3. The van der Waals surface area contributed by atoms with Crippen LogP contribution in [0.25, 0.3) is 11.1 Å². The van der Waals surface area contributed by atoms with Gasteiger partial charge in [0.15, 0.2) is 6.29 Å². The Balaban J connectivity index is 1.30. The lowest BCUT2D eigenvalue weighted by atomic mass is 9.99. The van der Waals surface area contributed by atoms with E-state index < -0.39 is 18.2 Å². The number of hydrogen-bond acceptors (Lipinski definition) is 7. The number of ether oxygens (including phenoxy) is 2. The minimum absolute atomic E-state index is 0.0469. The van der Waals surface area contributed by atoms with Gasteiger partial charge in [-0.25, -0.2) is 4.79 Å². The summed E-state index contributed by atoms with van der Waals surface area (Å²) in [6.07, 6.45) is 0.723. The molecule has 0 radical (unpaired) electrons. The van der Waals surface area contributed by atoms with Gasteiger partial charge in [0, 0.05) is 42.0 Å². The van der Waals surface area contributed by atoms with E-state index in [-0.39, 0.29) is 43.1 Å². The third-order valence-corrected chi connectivity index (χ3v) is 9.32. The maximum absolute atomic E-state index is 12.3. The molecule has 0 saturated carbocycles. The van der Waals surface area contributed by atoms with Crippen molar-refractivity contribution in [1.29, 1.82) is 0 Å². The summed E-state index contributed by atoms with van der Waals surface area (Å²) >= 11 is 1.45. The quantitative estimate of drug-likeness (QED) is 0.0767. The van der Waals surface area contributed by atoms with Crippen LogP contribution in [0.3, 0.4) is 0 Å². The molecule has 0 spiro atoms. The summed E-state index contributed by atoms with van der Waals surface area (Å²) in [5.74, 6) is -1.41. The molecule has 1 saturated heterocycles. The number of thioether (sulfide) groups is 1. The van der Waals surface area contributed by atoms with E-state index in [4.69, 9.17) is 14.6 Å². The maximum atomic E-state index is 12.3. The molecule has 4 N–H and O–H groups in total. The van der Waals surface area contributed by atoms with Crippen LogP contribution in [0.15, 0.2) is 102 Å². The van der Waals surface area contributed by atoms with E-state index in [1.807, 2.05) is 84.9 Å². The number of unbranched alkanes of at least 4 members (excludes halogenated alkanes) is 1. The van der Waals surface area contributed by atoms with Crippen LogP contribution in [0.2, 0.25) is 0 Å². The SMILES string of the molecule is O=C(O)CCCCC(=O)NCc1cccc(-c2cccc([C@@H]3O[C@H](CSc4ccccc4C(=O)O)C[C@H](c4ccc(CO)cc4)O3)c2)c1. The van der Waals surface area contributed by atoms with E-state index in [9.17, 15) is 24.6 Å². The fourth-order valence-electron chi connectivity index (χ4n) is 5.55. The zero-order chi connectivity index (χ0) is 33.9. The molecule has 3 atom stereocenters. The minimum atomic E-state index is -0.970. The summed E-state index contributed by atoms with van der Waals surface area (Å²) in [4.78, 5) is 35.4. The molecule has 4 aromatic carbocycles. The van der Waals surface area contributed by atoms with Gasteiger partial charge >= 0.3 is 11.9 Å². The van der Waals surface area contributed by atoms with Gasteiger partial charge in [0.25, 0.3) is 0 Å². The highest BCUT2D eigenvalue weighted by molar-refractivity contribution is 7.99. The number of benzene rings is 4. The molecule has 1 amide bonds. The lowest BCUT2D eigenvalue weighted by molar-refractivity contribution is -0.245. The second kappa shape index (κ2) is 17.1. The van der Waals surface area contributed by atoms with Crippen LogP contribution < -0.4 is 5.32 Å². The number of aliphatic hydroxyl groups is 1. The van der Waals surface area contributed by atoms with Crippen molar-refractivity contribution in [1.82, 2.24) is 5.32 Å². The Morgan fingerprint density at radius 2 is 1.50 bits per heavy atom. The third kappa shape index (κ3) is 9.77. The number of carbonyl (C=O) groups excluding carboxylic acids is 1. The van der Waals surface area contributed by atoms with Gasteiger partial charge in [0.2, 0.25) is 5.91 Å². The zero-order valence-corrected chi connectivity index (χ0v) is 27.2. The van der Waals surface area contributed by atoms with Crippen molar-refractivity contribution in [2.75, 3.05) is 5.75 Å². The summed E-state index contributed by atoms with van der Waals surface area (Å²) in [5.41, 5.74) is 5.73. The van der Waals surface area contributed by atoms with Crippen molar-refractivity contribution in [3.63, 3.8) is 0 Å². The molecule has 1 heterocycles. The summed E-state index contributed by atoms with van der Waals surface area (Å²) in [6.45, 7) is 0.315. The van der Waals surface area contributed by atoms with Crippen molar-refractivity contribution in [3.05, 3.63) is 125 Å². The average Bonchev–Trinajstić information content (AvgIpc) is 3.11. The molecule has 1 fully saturated rings. The standard InChI is InChI=1S/C38H39NO8S/c40-23-25-15-17-27(18-16-25)33-21-31(24-48-34-12-2-1-11-32(34)37(44)45)46-38(47-33)30-10-6-9-29(20-30)28-8-5-7-26(19-28)22-39-35(41)13-3-4-14-36(42)43/h1-2,5-12,15-20,31,33,38,40H,3-4,13-14,21-24H2,(H,39,41)(H,42,43)(H,44,45)/t31-,33+,38+/m0/s1. The van der Waals surface area contributed by atoms with Crippen LogP contribution in [-0.4, -0.2) is 45.0 Å². The maximum Gasteiger partial charge on any atom is 0.336 e. The molecule has 1 aliphatic heterocycles. The Kier molecular flexibility index (Phi) is 12.4. The summed E-state index contributed by atoms with van der Waals surface area (Å²) in [7, 11) is 0. The van der Waals surface area contributed by atoms with Crippen LogP contribution in [0.5, 0.6) is 0 Å². The molecule has 0 unspecified atom stereocenters. The van der Waals surface area contributed by atoms with Crippen molar-refractivity contribution >= 4 is 29.6 Å². The van der Waals surface area contributed by atoms with Crippen LogP contribution in [-0.2, 0) is 32.2 Å². The van der Waals surface area contributed by atoms with Gasteiger partial charge in [-0.15, -0.1) is 11.8 Å². The Morgan fingerprint density at radius 3 is 2.25 bits per heavy atom. The van der Waals surface area contributed by atoms with Gasteiger partial charge in [-0.05, 0) is 64.9 Å². The minimum Gasteiger partial charge on any atom is -0.481 e. The van der Waals surface area contributed by atoms with Gasteiger partial charge in [0.05, 0.1) is 24.4 Å². The summed E-state index contributed by atoms with van der Waals surface area (Å²) in [6, 6.07) is 30.5. The van der Waals surface area contributed by atoms with Crippen molar-refractivity contribution in [2.24, 2.45) is 0 Å². The normalized spacial score (nSPS) is 17.5. The molecule has 1 aliphatic rings. The Hall–Kier alpha value is -4.48. The smallest absolute Gasteiger partial charge is 0.336 e. The number of aromatic carboxylic acids is 1. The first-order valence-electron chi connectivity index (χ1n) is 15.9. The van der Waals surface area contributed by atoms with Gasteiger partial charge in [-0.3, -0.25) is 9.59 Å². The van der Waals surface area contributed by atoms with Crippen molar-refractivity contribution in [3.8, 4) is 11.1 Å². The Labute approximate surface area is 283 Å². The van der Waals surface area contributed by atoms with Crippen molar-refractivity contribution < 1.29 is 39.2 Å². The van der Waals surface area contributed by atoms with Gasteiger partial charge in [0.1, 0.15) is 0 Å². The molecule has 4 aromatic rings. The van der Waals surface area contributed by atoms with E-state index >= 15 is 0 Å². The second-order valence-corrected chi connectivity index (χ2v) is 12.7. The first kappa shape index (κ1) is 34.8. The van der Waals surface area contributed by atoms with Crippen LogP contribution in [0, 0.1) is 0 Å².